The van der Waals surface area contributed by atoms with Crippen LogP contribution in [0.3, 0.4) is 0 Å². The maximum atomic E-state index is 13.1. The lowest BCUT2D eigenvalue weighted by Crippen LogP contribution is -2.44. The lowest BCUT2D eigenvalue weighted by molar-refractivity contribution is -0.172. The fourth-order valence-electron chi connectivity index (χ4n) is 3.97. The van der Waals surface area contributed by atoms with Gasteiger partial charge < -0.3 is 14.4 Å². The van der Waals surface area contributed by atoms with Crippen molar-refractivity contribution < 1.29 is 14.6 Å². The molecular weight excluding hydrogens is 368 g/mol. The molecule has 0 spiro atoms. The number of aromatic nitrogens is 2. The van der Waals surface area contributed by atoms with Gasteiger partial charge in [0.2, 0.25) is 0 Å². The van der Waals surface area contributed by atoms with E-state index in [0.29, 0.717) is 39.6 Å². The Balaban J connectivity index is 1.82. The minimum absolute atomic E-state index is 0.117. The highest BCUT2D eigenvalue weighted by Crippen LogP contribution is 2.39. The summed E-state index contributed by atoms with van der Waals surface area (Å²) in [7, 11) is 0. The summed E-state index contributed by atoms with van der Waals surface area (Å²) in [5.74, 6) is -0.727. The molecule has 0 radical (unpaired) electrons. The Bertz CT molecular complexity index is 1220. The van der Waals surface area contributed by atoms with E-state index in [1.165, 1.54) is 0 Å². The Hall–Kier alpha value is -2.70. The quantitative estimate of drug-likeness (QED) is 0.512. The molecule has 0 unspecified atom stereocenters. The second-order valence-electron chi connectivity index (χ2n) is 6.91. The first-order valence-electron chi connectivity index (χ1n) is 8.69. The number of esters is 1. The molecule has 6 nitrogen and oxygen atoms in total. The largest absolute Gasteiger partial charge is 0.458 e. The standard InChI is InChI=1S/C20H15ClN2O4/c1-2-20(26)13-7-15-17-11(6-10-4-3-5-14(21)16(10)22-17)8-23(15)18(24)12(13)9-27-19(20)25/h3-7,26H,2,8-9H2,1H3/t20-/m0/s1. The number of ether oxygens (including phenoxy) is 1. The molecule has 5 rings (SSSR count). The van der Waals surface area contributed by atoms with Crippen molar-refractivity contribution >= 4 is 28.5 Å². The van der Waals surface area contributed by atoms with Gasteiger partial charge in [-0.05, 0) is 24.6 Å². The molecule has 1 N–H and O–H groups in total. The molecule has 0 aliphatic carbocycles. The Kier molecular flexibility index (Phi) is 3.30. The van der Waals surface area contributed by atoms with E-state index in [9.17, 15) is 14.7 Å². The smallest absolute Gasteiger partial charge is 0.343 e. The highest BCUT2D eigenvalue weighted by molar-refractivity contribution is 6.35. The van der Waals surface area contributed by atoms with Crippen molar-refractivity contribution in [3.05, 3.63) is 62.4 Å². The summed E-state index contributed by atoms with van der Waals surface area (Å²) >= 11 is 6.29. The molecule has 1 aromatic carbocycles. The first-order chi connectivity index (χ1) is 12.9. The SMILES string of the molecule is CC[C@@]1(O)C(=O)OCc2c1cc1n(c2=O)Cc2cc3cccc(Cl)c3nc2-1. The Morgan fingerprint density at radius 3 is 2.93 bits per heavy atom. The monoisotopic (exact) mass is 382 g/mol. The van der Waals surface area contributed by atoms with Crippen LogP contribution in [0.2, 0.25) is 5.02 Å². The van der Waals surface area contributed by atoms with Gasteiger partial charge in [-0.3, -0.25) is 4.79 Å². The number of aliphatic hydroxyl groups is 1. The summed E-state index contributed by atoms with van der Waals surface area (Å²) in [4.78, 5) is 29.9. The normalized spacial score (nSPS) is 20.2. The summed E-state index contributed by atoms with van der Waals surface area (Å²) in [6.07, 6.45) is 0.117. The van der Waals surface area contributed by atoms with Crippen molar-refractivity contribution in [3.63, 3.8) is 0 Å². The maximum Gasteiger partial charge on any atom is 0.343 e. The van der Waals surface area contributed by atoms with E-state index >= 15 is 0 Å². The number of cyclic esters (lactones) is 1. The number of fused-ring (bicyclic) bond motifs is 5. The molecule has 4 heterocycles. The molecular formula is C20H15ClN2O4. The van der Waals surface area contributed by atoms with Gasteiger partial charge in [0, 0.05) is 16.5 Å². The van der Waals surface area contributed by atoms with Crippen molar-refractivity contribution in [2.45, 2.75) is 32.1 Å². The van der Waals surface area contributed by atoms with Gasteiger partial charge in [-0.1, -0.05) is 30.7 Å². The molecule has 3 aromatic rings. The molecule has 0 saturated heterocycles. The third-order valence-corrected chi connectivity index (χ3v) is 5.79. The average Bonchev–Trinajstić information content (AvgIpc) is 3.02. The zero-order valence-corrected chi connectivity index (χ0v) is 15.2. The van der Waals surface area contributed by atoms with Gasteiger partial charge in [0.05, 0.1) is 34.0 Å². The van der Waals surface area contributed by atoms with E-state index in [4.69, 9.17) is 16.3 Å². The zero-order valence-electron chi connectivity index (χ0n) is 14.5. The van der Waals surface area contributed by atoms with Crippen molar-refractivity contribution in [3.8, 4) is 11.4 Å². The maximum absolute atomic E-state index is 13.1. The third-order valence-electron chi connectivity index (χ3n) is 5.49. The highest BCUT2D eigenvalue weighted by Gasteiger charge is 2.45. The number of carbonyl (C=O) groups excluding carboxylic acids is 1. The molecule has 2 aromatic heterocycles. The average molecular weight is 383 g/mol. The van der Waals surface area contributed by atoms with E-state index in [2.05, 4.69) is 4.98 Å². The molecule has 7 heteroatoms. The molecule has 0 saturated carbocycles. The van der Waals surface area contributed by atoms with Gasteiger partial charge in [-0.25, -0.2) is 9.78 Å². The van der Waals surface area contributed by atoms with Gasteiger partial charge in [-0.2, -0.15) is 0 Å². The van der Waals surface area contributed by atoms with Crippen LogP contribution in [0.5, 0.6) is 0 Å². The van der Waals surface area contributed by atoms with Gasteiger partial charge in [0.25, 0.3) is 5.56 Å². The summed E-state index contributed by atoms with van der Waals surface area (Å²) in [5.41, 5.74) is 1.32. The van der Waals surface area contributed by atoms with E-state index in [-0.39, 0.29) is 18.6 Å². The van der Waals surface area contributed by atoms with Crippen LogP contribution in [-0.2, 0) is 28.3 Å². The van der Waals surface area contributed by atoms with Crippen LogP contribution in [0.15, 0.2) is 35.1 Å². The Morgan fingerprint density at radius 1 is 1.33 bits per heavy atom. The summed E-state index contributed by atoms with van der Waals surface area (Å²) in [6, 6.07) is 9.22. The minimum atomic E-state index is -1.82. The number of benzene rings is 1. The number of para-hydroxylation sites is 1. The van der Waals surface area contributed by atoms with Crippen LogP contribution >= 0.6 is 11.6 Å². The van der Waals surface area contributed by atoms with E-state index in [1.54, 1.807) is 23.6 Å². The highest BCUT2D eigenvalue weighted by atomic mass is 35.5. The van der Waals surface area contributed by atoms with Gasteiger partial charge in [-0.15, -0.1) is 0 Å². The van der Waals surface area contributed by atoms with Crippen LogP contribution in [0.4, 0.5) is 0 Å². The van der Waals surface area contributed by atoms with Crippen LogP contribution < -0.4 is 5.56 Å². The third kappa shape index (κ3) is 2.08. The molecule has 0 bridgehead atoms. The topological polar surface area (TPSA) is 81.4 Å². The summed E-state index contributed by atoms with van der Waals surface area (Å²) in [5, 5.41) is 12.3. The van der Waals surface area contributed by atoms with Gasteiger partial charge >= 0.3 is 5.97 Å². The van der Waals surface area contributed by atoms with Crippen molar-refractivity contribution in [1.82, 2.24) is 9.55 Å². The number of rotatable bonds is 1. The molecule has 1 atom stereocenters. The number of hydrogen-bond acceptors (Lipinski definition) is 5. The van der Waals surface area contributed by atoms with Crippen LogP contribution in [0.1, 0.15) is 30.0 Å². The van der Waals surface area contributed by atoms with E-state index < -0.39 is 11.6 Å². The molecule has 0 fully saturated rings. The first kappa shape index (κ1) is 16.5. The number of halogens is 1. The second-order valence-corrected chi connectivity index (χ2v) is 7.32. The van der Waals surface area contributed by atoms with E-state index in [1.807, 2.05) is 18.2 Å². The van der Waals surface area contributed by atoms with Crippen molar-refractivity contribution in [2.24, 2.45) is 0 Å². The summed E-state index contributed by atoms with van der Waals surface area (Å²) < 4.78 is 6.68. The van der Waals surface area contributed by atoms with Crippen molar-refractivity contribution in [2.75, 3.05) is 0 Å². The fraction of sp³-hybridized carbons (Fsp3) is 0.250. The molecule has 27 heavy (non-hydrogen) atoms. The number of carbonyl (C=O) groups is 1. The van der Waals surface area contributed by atoms with E-state index in [0.717, 1.165) is 10.9 Å². The minimum Gasteiger partial charge on any atom is -0.458 e. The van der Waals surface area contributed by atoms with Crippen LogP contribution in [-0.4, -0.2) is 20.6 Å². The van der Waals surface area contributed by atoms with Gasteiger partial charge in [0.1, 0.15) is 6.61 Å². The first-order valence-corrected chi connectivity index (χ1v) is 9.07. The zero-order chi connectivity index (χ0) is 18.9. The number of pyridine rings is 2. The Labute approximate surface area is 159 Å². The number of nitrogens with zero attached hydrogens (tertiary/aromatic N) is 2. The van der Waals surface area contributed by atoms with Gasteiger partial charge in [0.15, 0.2) is 5.60 Å². The fourth-order valence-corrected chi connectivity index (χ4v) is 4.20. The van der Waals surface area contributed by atoms with Crippen molar-refractivity contribution in [1.29, 1.82) is 0 Å². The van der Waals surface area contributed by atoms with Crippen LogP contribution in [0, 0.1) is 0 Å². The predicted octanol–water partition coefficient (Wildman–Crippen LogP) is 2.73. The molecule has 136 valence electrons. The molecule has 2 aliphatic heterocycles. The lowest BCUT2D eigenvalue weighted by atomic mass is 9.86. The molecule has 0 amide bonds. The van der Waals surface area contributed by atoms with Crippen LogP contribution in [0.25, 0.3) is 22.3 Å². The summed E-state index contributed by atoms with van der Waals surface area (Å²) in [6.45, 7) is 1.93. The Morgan fingerprint density at radius 2 is 2.15 bits per heavy atom. The molecule has 2 aliphatic rings. The second kappa shape index (κ2) is 5.41. The predicted molar refractivity (Wildman–Crippen MR) is 99.5 cm³/mol. The lowest BCUT2D eigenvalue weighted by Gasteiger charge is -2.31. The number of hydrogen-bond donors (Lipinski definition) is 1.